The van der Waals surface area contributed by atoms with Crippen LogP contribution in [-0.4, -0.2) is 18.6 Å². The van der Waals surface area contributed by atoms with Crippen LogP contribution in [0.1, 0.15) is 43.7 Å². The predicted molar refractivity (Wildman–Crippen MR) is 88.0 cm³/mol. The Morgan fingerprint density at radius 3 is 2.55 bits per heavy atom. The summed E-state index contributed by atoms with van der Waals surface area (Å²) in [5.74, 6) is 3.19. The van der Waals surface area contributed by atoms with Crippen LogP contribution in [0.25, 0.3) is 0 Å². The van der Waals surface area contributed by atoms with Gasteiger partial charge in [-0.05, 0) is 81.0 Å². The van der Waals surface area contributed by atoms with Gasteiger partial charge in [0.05, 0.1) is 0 Å². The maximum Gasteiger partial charge on any atom is 0.258 e. The quantitative estimate of drug-likeness (QED) is 0.902. The first-order valence-electron chi connectivity index (χ1n) is 8.51. The molecule has 1 aromatic rings. The molecular formula is C19H27NO2. The Morgan fingerprint density at radius 1 is 1.23 bits per heavy atom. The number of nitrogens with one attached hydrogen (secondary N) is 1. The number of rotatable bonds is 5. The zero-order valence-electron chi connectivity index (χ0n) is 13.9. The highest BCUT2D eigenvalue weighted by molar-refractivity contribution is 5.77. The van der Waals surface area contributed by atoms with E-state index in [1.54, 1.807) is 0 Å². The lowest BCUT2D eigenvalue weighted by Gasteiger charge is -2.28. The Hall–Kier alpha value is -1.51. The van der Waals surface area contributed by atoms with E-state index in [1.165, 1.54) is 25.7 Å². The molecule has 3 heteroatoms. The van der Waals surface area contributed by atoms with Gasteiger partial charge in [-0.2, -0.15) is 0 Å². The van der Waals surface area contributed by atoms with Crippen molar-refractivity contribution in [2.45, 2.75) is 52.5 Å². The van der Waals surface area contributed by atoms with E-state index >= 15 is 0 Å². The highest BCUT2D eigenvalue weighted by Gasteiger charge is 2.42. The van der Waals surface area contributed by atoms with Gasteiger partial charge in [0.25, 0.3) is 5.91 Å². The fraction of sp³-hybridized carbons (Fsp3) is 0.632. The zero-order chi connectivity index (χ0) is 15.7. The predicted octanol–water partition coefficient (Wildman–Crippen LogP) is 3.62. The summed E-state index contributed by atoms with van der Waals surface area (Å²) < 4.78 is 5.64. The van der Waals surface area contributed by atoms with Crippen LogP contribution in [-0.2, 0) is 4.79 Å². The molecule has 1 N–H and O–H groups in total. The minimum Gasteiger partial charge on any atom is -0.484 e. The van der Waals surface area contributed by atoms with E-state index in [2.05, 4.69) is 18.3 Å². The number of aryl methyl sites for hydroxylation is 2. The van der Waals surface area contributed by atoms with Gasteiger partial charge in [-0.3, -0.25) is 4.79 Å². The molecule has 2 aliphatic carbocycles. The third kappa shape index (κ3) is 3.45. The minimum atomic E-state index is -0.00515. The third-order valence-corrected chi connectivity index (χ3v) is 5.39. The summed E-state index contributed by atoms with van der Waals surface area (Å²) in [4.78, 5) is 12.1. The zero-order valence-corrected chi connectivity index (χ0v) is 13.9. The van der Waals surface area contributed by atoms with E-state index in [0.29, 0.717) is 5.92 Å². The molecule has 0 heterocycles. The first-order valence-corrected chi connectivity index (χ1v) is 8.51. The normalized spacial score (nSPS) is 27.7. The Labute approximate surface area is 133 Å². The average Bonchev–Trinajstić information content (AvgIpc) is 3.06. The van der Waals surface area contributed by atoms with E-state index in [1.807, 2.05) is 26.0 Å². The molecule has 4 atom stereocenters. The molecule has 4 unspecified atom stereocenters. The number of fused-ring (bicyclic) bond motifs is 2. The van der Waals surface area contributed by atoms with Gasteiger partial charge in [0, 0.05) is 6.04 Å². The second-order valence-corrected chi connectivity index (χ2v) is 7.31. The van der Waals surface area contributed by atoms with Gasteiger partial charge in [-0.1, -0.05) is 12.5 Å². The standard InChI is InChI=1S/C19H27NO2/c1-12-6-13(2)8-17(7-12)22-11-19(21)20-14(3)18-10-15-4-5-16(18)9-15/h6-8,14-16,18H,4-5,9-11H2,1-3H3,(H,20,21). The lowest BCUT2D eigenvalue weighted by atomic mass is 9.84. The molecule has 3 nitrogen and oxygen atoms in total. The summed E-state index contributed by atoms with van der Waals surface area (Å²) in [6.45, 7) is 6.34. The Bertz CT molecular complexity index is 534. The molecule has 22 heavy (non-hydrogen) atoms. The van der Waals surface area contributed by atoms with Crippen molar-refractivity contribution in [1.82, 2.24) is 5.32 Å². The lowest BCUT2D eigenvalue weighted by Crippen LogP contribution is -2.42. The Kier molecular flexibility index (Phi) is 4.42. The summed E-state index contributed by atoms with van der Waals surface area (Å²) in [7, 11) is 0. The van der Waals surface area contributed by atoms with Crippen LogP contribution in [0, 0.1) is 31.6 Å². The largest absolute Gasteiger partial charge is 0.484 e. The highest BCUT2D eigenvalue weighted by Crippen LogP contribution is 2.49. The molecule has 2 bridgehead atoms. The highest BCUT2D eigenvalue weighted by atomic mass is 16.5. The molecule has 0 spiro atoms. The van der Waals surface area contributed by atoms with Gasteiger partial charge in [-0.25, -0.2) is 0 Å². The number of hydrogen-bond acceptors (Lipinski definition) is 2. The molecule has 3 rings (SSSR count). The smallest absolute Gasteiger partial charge is 0.258 e. The molecule has 0 aliphatic heterocycles. The van der Waals surface area contributed by atoms with Gasteiger partial charge >= 0.3 is 0 Å². The summed E-state index contributed by atoms with van der Waals surface area (Å²) in [5.41, 5.74) is 2.32. The van der Waals surface area contributed by atoms with Gasteiger partial charge in [-0.15, -0.1) is 0 Å². The molecule has 2 fully saturated rings. The van der Waals surface area contributed by atoms with Crippen molar-refractivity contribution >= 4 is 5.91 Å². The number of amides is 1. The maximum atomic E-state index is 12.1. The maximum absolute atomic E-state index is 12.1. The number of benzene rings is 1. The molecule has 120 valence electrons. The SMILES string of the molecule is Cc1cc(C)cc(OCC(=O)NC(C)C2CC3CCC2C3)c1. The van der Waals surface area contributed by atoms with E-state index in [-0.39, 0.29) is 18.6 Å². The first-order chi connectivity index (χ1) is 10.5. The van der Waals surface area contributed by atoms with Crippen LogP contribution in [0.15, 0.2) is 18.2 Å². The van der Waals surface area contributed by atoms with Gasteiger partial charge < -0.3 is 10.1 Å². The molecule has 0 saturated heterocycles. The number of ether oxygens (including phenoxy) is 1. The van der Waals surface area contributed by atoms with Crippen molar-refractivity contribution in [2.24, 2.45) is 17.8 Å². The van der Waals surface area contributed by atoms with Crippen molar-refractivity contribution in [3.63, 3.8) is 0 Å². The summed E-state index contributed by atoms with van der Waals surface area (Å²) in [6, 6.07) is 6.31. The van der Waals surface area contributed by atoms with E-state index in [9.17, 15) is 4.79 Å². The topological polar surface area (TPSA) is 38.3 Å². The number of hydrogen-bond donors (Lipinski definition) is 1. The van der Waals surface area contributed by atoms with Crippen LogP contribution in [0.2, 0.25) is 0 Å². The van der Waals surface area contributed by atoms with Crippen molar-refractivity contribution in [3.8, 4) is 5.75 Å². The monoisotopic (exact) mass is 301 g/mol. The van der Waals surface area contributed by atoms with Gasteiger partial charge in [0.1, 0.15) is 5.75 Å². The fourth-order valence-corrected chi connectivity index (χ4v) is 4.47. The van der Waals surface area contributed by atoms with Crippen molar-refractivity contribution in [2.75, 3.05) is 6.61 Å². The molecular weight excluding hydrogens is 274 g/mol. The lowest BCUT2D eigenvalue weighted by molar-refractivity contribution is -0.124. The van der Waals surface area contributed by atoms with Crippen LogP contribution in [0.5, 0.6) is 5.75 Å². The molecule has 0 radical (unpaired) electrons. The van der Waals surface area contributed by atoms with Gasteiger partial charge in [0.15, 0.2) is 6.61 Å². The van der Waals surface area contributed by atoms with Crippen LogP contribution in [0.3, 0.4) is 0 Å². The Morgan fingerprint density at radius 2 is 1.95 bits per heavy atom. The second kappa shape index (κ2) is 6.31. The fourth-order valence-electron chi connectivity index (χ4n) is 4.47. The van der Waals surface area contributed by atoms with Crippen molar-refractivity contribution < 1.29 is 9.53 Å². The van der Waals surface area contributed by atoms with Crippen LogP contribution >= 0.6 is 0 Å². The second-order valence-electron chi connectivity index (χ2n) is 7.31. The molecule has 2 aliphatic rings. The molecule has 0 aromatic heterocycles. The van der Waals surface area contributed by atoms with Gasteiger partial charge in [0.2, 0.25) is 0 Å². The Balaban J connectivity index is 1.48. The van der Waals surface area contributed by atoms with E-state index in [0.717, 1.165) is 28.7 Å². The summed E-state index contributed by atoms with van der Waals surface area (Å²) in [5, 5.41) is 3.14. The van der Waals surface area contributed by atoms with E-state index < -0.39 is 0 Å². The molecule has 2 saturated carbocycles. The number of carbonyl (C=O) groups is 1. The average molecular weight is 301 g/mol. The minimum absolute atomic E-state index is 0.00515. The number of carbonyl (C=O) groups excluding carboxylic acids is 1. The summed E-state index contributed by atoms with van der Waals surface area (Å²) >= 11 is 0. The molecule has 1 aromatic carbocycles. The van der Waals surface area contributed by atoms with Crippen LogP contribution < -0.4 is 10.1 Å². The van der Waals surface area contributed by atoms with Crippen LogP contribution in [0.4, 0.5) is 0 Å². The van der Waals surface area contributed by atoms with Crippen molar-refractivity contribution in [3.05, 3.63) is 29.3 Å². The first kappa shape index (κ1) is 15.4. The van der Waals surface area contributed by atoms with E-state index in [4.69, 9.17) is 4.74 Å². The molecule has 1 amide bonds. The summed E-state index contributed by atoms with van der Waals surface area (Å²) in [6.07, 6.45) is 5.43. The van der Waals surface area contributed by atoms with Crippen molar-refractivity contribution in [1.29, 1.82) is 0 Å². The third-order valence-electron chi connectivity index (χ3n) is 5.39.